The molecule has 0 saturated carbocycles. The third kappa shape index (κ3) is 5.89. The predicted octanol–water partition coefficient (Wildman–Crippen LogP) is -0.0231. The molecule has 0 amide bonds. The summed E-state index contributed by atoms with van der Waals surface area (Å²) in [5, 5.41) is 0. The second kappa shape index (κ2) is 4.06. The van der Waals surface area contributed by atoms with E-state index in [9.17, 15) is 4.21 Å². The Balaban J connectivity index is 3.20. The molecule has 0 aromatic heterocycles. The summed E-state index contributed by atoms with van der Waals surface area (Å²) in [6.07, 6.45) is 4.72. The molecule has 0 spiro atoms. The van der Waals surface area contributed by atoms with Gasteiger partial charge < -0.3 is 8.39 Å². The maximum atomic E-state index is 9.81. The van der Waals surface area contributed by atoms with E-state index in [1.807, 2.05) is 0 Å². The first-order chi connectivity index (χ1) is 3.27. The third-order valence-electron chi connectivity index (χ3n) is 0.238. The van der Waals surface area contributed by atoms with Gasteiger partial charge in [0.2, 0.25) is 0 Å². The van der Waals surface area contributed by atoms with E-state index in [4.69, 9.17) is 6.42 Å². The number of rotatable bonds is 2. The van der Waals surface area contributed by atoms with Gasteiger partial charge in [-0.1, -0.05) is 15.6 Å². The molecular weight excluding hydrogens is 132 g/mol. The maximum absolute atomic E-state index is 9.81. The molecule has 0 heterocycles. The molecule has 0 rings (SSSR count). The van der Waals surface area contributed by atoms with Gasteiger partial charge in [0.1, 0.15) is 0 Å². The monoisotopic (exact) mass is 135 g/mol. The molecule has 0 radical (unpaired) electrons. The normalized spacial score (nSPS) is 8.57. The van der Waals surface area contributed by atoms with Crippen LogP contribution in [0.1, 0.15) is 0 Å². The highest BCUT2D eigenvalue weighted by atomic mass is 32.8. The standard InChI is InChI=1S/C3H3O2S2/c1-2-3-5-7(4)6/h1H,3H2/q-1. The van der Waals surface area contributed by atoms with Crippen molar-refractivity contribution in [2.45, 2.75) is 0 Å². The Morgan fingerprint density at radius 2 is 2.57 bits per heavy atom. The van der Waals surface area contributed by atoms with Crippen molar-refractivity contribution < 1.29 is 8.39 Å². The zero-order valence-corrected chi connectivity index (χ0v) is 5.05. The Hall–Kier alpha value is -0.110. The van der Waals surface area contributed by atoms with Crippen molar-refractivity contribution in [1.29, 1.82) is 0 Å². The van der Waals surface area contributed by atoms with E-state index in [0.29, 0.717) is 0 Å². The zero-order chi connectivity index (χ0) is 5.70. The summed E-state index contributed by atoms with van der Waals surface area (Å²) in [5.74, 6) is 2.12. The lowest BCUT2D eigenvalue weighted by Gasteiger charge is -1.94. The van der Waals surface area contributed by atoms with Gasteiger partial charge >= 0.3 is 0 Å². The molecule has 4 heteroatoms. The smallest absolute Gasteiger partial charge is 0.0880 e. The van der Waals surface area contributed by atoms with E-state index in [1.54, 1.807) is 0 Å². The molecule has 2 nitrogen and oxygen atoms in total. The average molecular weight is 135 g/mol. The molecule has 0 aliphatic rings. The van der Waals surface area contributed by atoms with Gasteiger partial charge in [-0.2, -0.15) is 0 Å². The maximum Gasteiger partial charge on any atom is 0.0880 e. The number of terminal acetylenes is 1. The van der Waals surface area contributed by atoms with Crippen molar-refractivity contribution in [1.82, 2.24) is 0 Å². The Kier molecular flexibility index (Phi) is 4.00. The largest absolute Gasteiger partial charge is 0.433 e. The quantitative estimate of drug-likeness (QED) is 0.393. The van der Waals surface area contributed by atoms with Crippen molar-refractivity contribution >= 4 is 20.8 Å². The lowest BCUT2D eigenvalue weighted by Crippen LogP contribution is -1.83. The van der Waals surface area contributed by atoms with Crippen molar-refractivity contribution in [2.75, 3.05) is 6.61 Å². The molecule has 0 bridgehead atoms. The highest BCUT2D eigenvalue weighted by molar-refractivity contribution is 8.19. The number of hydrogen-bond acceptors (Lipinski definition) is 4. The van der Waals surface area contributed by atoms with Gasteiger partial charge in [0, 0.05) is 0 Å². The van der Waals surface area contributed by atoms with Crippen LogP contribution >= 0.6 is 0 Å². The van der Waals surface area contributed by atoms with Crippen LogP contribution < -0.4 is 0 Å². The summed E-state index contributed by atoms with van der Waals surface area (Å²) in [6.45, 7) is 0.0239. The van der Waals surface area contributed by atoms with Gasteiger partial charge in [-0.25, -0.2) is 11.2 Å². The molecule has 0 aromatic rings. The molecule has 0 atom stereocenters. The molecule has 0 unspecified atom stereocenters. The summed E-state index contributed by atoms with van der Waals surface area (Å²) in [7, 11) is -1.62. The molecule has 0 aliphatic heterocycles. The van der Waals surface area contributed by atoms with Crippen LogP contribution in [0.25, 0.3) is 0 Å². The fraction of sp³-hybridized carbons (Fsp3) is 0.333. The average Bonchev–Trinajstić information content (AvgIpc) is 1.61. The van der Waals surface area contributed by atoms with Crippen LogP contribution in [0, 0.1) is 12.3 Å². The summed E-state index contributed by atoms with van der Waals surface area (Å²) < 4.78 is 14.1. The molecule has 0 aromatic carbocycles. The van der Waals surface area contributed by atoms with Crippen LogP contribution in [0.5, 0.6) is 0 Å². The van der Waals surface area contributed by atoms with E-state index >= 15 is 0 Å². The van der Waals surface area contributed by atoms with E-state index in [0.717, 1.165) is 0 Å². The van der Waals surface area contributed by atoms with Crippen LogP contribution in [-0.2, 0) is 29.2 Å². The van der Waals surface area contributed by atoms with E-state index in [-0.39, 0.29) is 6.61 Å². The lowest BCUT2D eigenvalue weighted by molar-refractivity contribution is 0.404. The zero-order valence-electron chi connectivity index (χ0n) is 3.42. The second-order valence-corrected chi connectivity index (χ2v) is 2.13. The SMILES string of the molecule is C#CCO[S-](=O)=S. The topological polar surface area (TPSA) is 26.3 Å². The van der Waals surface area contributed by atoms with Crippen LogP contribution in [0.4, 0.5) is 0 Å². The highest BCUT2D eigenvalue weighted by Gasteiger charge is 1.61. The van der Waals surface area contributed by atoms with Crippen molar-refractivity contribution in [3.8, 4) is 12.3 Å². The minimum Gasteiger partial charge on any atom is -0.433 e. The number of hydrogen-bond donors (Lipinski definition) is 0. The fourth-order valence-electron chi connectivity index (χ4n) is 0.0821. The van der Waals surface area contributed by atoms with Crippen LogP contribution in [0.2, 0.25) is 0 Å². The van der Waals surface area contributed by atoms with Crippen LogP contribution in [0.15, 0.2) is 0 Å². The summed E-state index contributed by atoms with van der Waals surface area (Å²) in [4.78, 5) is 0. The Bertz CT molecular complexity index is 134. The summed E-state index contributed by atoms with van der Waals surface area (Å²) >= 11 is 4.10. The van der Waals surface area contributed by atoms with Crippen LogP contribution in [-0.4, -0.2) is 6.61 Å². The Morgan fingerprint density at radius 3 is 2.71 bits per heavy atom. The van der Waals surface area contributed by atoms with Crippen molar-refractivity contribution in [3.63, 3.8) is 0 Å². The van der Waals surface area contributed by atoms with Crippen molar-refractivity contribution in [3.05, 3.63) is 0 Å². The Labute approximate surface area is 48.8 Å². The molecule has 40 valence electrons. The molecule has 7 heavy (non-hydrogen) atoms. The van der Waals surface area contributed by atoms with Gasteiger partial charge in [-0.3, -0.25) is 0 Å². The van der Waals surface area contributed by atoms with Gasteiger partial charge in [-0.05, 0) is 0 Å². The fourth-order valence-corrected chi connectivity index (χ4v) is 0.391. The molecule has 0 N–H and O–H groups in total. The van der Waals surface area contributed by atoms with Gasteiger partial charge in [0.25, 0.3) is 0 Å². The van der Waals surface area contributed by atoms with Gasteiger partial charge in [0.15, 0.2) is 0 Å². The minimum absolute atomic E-state index is 0.0239. The summed E-state index contributed by atoms with van der Waals surface area (Å²) in [6, 6.07) is 0. The first-order valence-corrected chi connectivity index (χ1v) is 3.43. The minimum atomic E-state index is -1.62. The molecule has 0 fully saturated rings. The lowest BCUT2D eigenvalue weighted by atomic mass is 10.8. The first kappa shape index (κ1) is 6.89. The second-order valence-electron chi connectivity index (χ2n) is 0.670. The first-order valence-electron chi connectivity index (χ1n) is 1.43. The molecule has 0 aliphatic carbocycles. The van der Waals surface area contributed by atoms with E-state index in [2.05, 4.69) is 21.3 Å². The van der Waals surface area contributed by atoms with E-state index in [1.165, 1.54) is 0 Å². The third-order valence-corrected chi connectivity index (χ3v) is 0.837. The van der Waals surface area contributed by atoms with Gasteiger partial charge in [-0.15, -0.1) is 6.42 Å². The molecule has 0 saturated heterocycles. The highest BCUT2D eigenvalue weighted by Crippen LogP contribution is 1.68. The van der Waals surface area contributed by atoms with Crippen molar-refractivity contribution in [2.24, 2.45) is 0 Å². The Morgan fingerprint density at radius 1 is 2.00 bits per heavy atom. The van der Waals surface area contributed by atoms with Crippen LogP contribution in [0.3, 0.4) is 0 Å². The molecular formula is C3H3O2S2-. The predicted molar refractivity (Wildman–Crippen MR) is 30.2 cm³/mol. The van der Waals surface area contributed by atoms with Gasteiger partial charge in [0.05, 0.1) is 6.61 Å². The van der Waals surface area contributed by atoms with E-state index < -0.39 is 9.64 Å². The summed E-state index contributed by atoms with van der Waals surface area (Å²) in [5.41, 5.74) is 0.